The maximum Gasteiger partial charge on any atom is 0.307 e. The van der Waals surface area contributed by atoms with Crippen molar-refractivity contribution in [1.29, 1.82) is 0 Å². The van der Waals surface area contributed by atoms with Crippen molar-refractivity contribution < 1.29 is 28.7 Å². The minimum atomic E-state index is -0.368. The van der Waals surface area contributed by atoms with E-state index in [0.29, 0.717) is 13.1 Å². The lowest BCUT2D eigenvalue weighted by atomic mass is 10.1. The fraction of sp³-hybridized carbons (Fsp3) is 0.429. The van der Waals surface area contributed by atoms with Crippen molar-refractivity contribution in [3.8, 4) is 0 Å². The van der Waals surface area contributed by atoms with Crippen molar-refractivity contribution in [3.05, 3.63) is 71.8 Å². The number of nitrogens with zero attached hydrogens (tertiary/aromatic N) is 2. The van der Waals surface area contributed by atoms with Gasteiger partial charge < -0.3 is 19.3 Å². The highest BCUT2D eigenvalue weighted by molar-refractivity contribution is 5.84. The summed E-state index contributed by atoms with van der Waals surface area (Å²) in [5, 5.41) is 0. The van der Waals surface area contributed by atoms with E-state index in [1.165, 1.54) is 0 Å². The lowest BCUT2D eigenvalue weighted by molar-refractivity contribution is -0.146. The fourth-order valence-electron chi connectivity index (χ4n) is 3.64. The Kier molecular flexibility index (Phi) is 12.8. The third-order valence-corrected chi connectivity index (χ3v) is 5.47. The molecule has 2 amide bonds. The number of rotatable bonds is 15. The van der Waals surface area contributed by atoms with Crippen LogP contribution in [0.5, 0.6) is 0 Å². The lowest BCUT2D eigenvalue weighted by Crippen LogP contribution is -2.36. The van der Waals surface area contributed by atoms with Gasteiger partial charge in [-0.2, -0.15) is 0 Å². The number of ether oxygens (including phenoxy) is 2. The Morgan fingerprint density at radius 1 is 0.583 bits per heavy atom. The number of benzene rings is 2. The maximum absolute atomic E-state index is 13.1. The Morgan fingerprint density at radius 3 is 1.28 bits per heavy atom. The van der Waals surface area contributed by atoms with Gasteiger partial charge in [-0.25, -0.2) is 0 Å². The Bertz CT molecular complexity index is 885. The molecule has 0 unspecified atom stereocenters. The summed E-state index contributed by atoms with van der Waals surface area (Å²) in [7, 11) is 0. The zero-order chi connectivity index (χ0) is 26.2. The van der Waals surface area contributed by atoms with Crippen molar-refractivity contribution in [1.82, 2.24) is 9.80 Å². The highest BCUT2D eigenvalue weighted by atomic mass is 16.5. The second-order valence-electron chi connectivity index (χ2n) is 8.21. The smallest absolute Gasteiger partial charge is 0.307 e. The first-order valence-corrected chi connectivity index (χ1v) is 12.4. The Hall–Kier alpha value is -3.68. The standard InChI is InChI=1S/C28H36N2O6/c1-3-35-27(33)17-19-29(21-23-11-7-5-8-12-23)25(31)15-16-26(32)30(20-18-28(34)36-4-2)22-24-13-9-6-10-14-24/h5-14H,3-4,15-22H2,1-2H3. The molecule has 0 bridgehead atoms. The van der Waals surface area contributed by atoms with E-state index in [1.807, 2.05) is 60.7 Å². The van der Waals surface area contributed by atoms with Crippen LogP contribution in [0.25, 0.3) is 0 Å². The second kappa shape index (κ2) is 16.1. The second-order valence-corrected chi connectivity index (χ2v) is 8.21. The van der Waals surface area contributed by atoms with Crippen LogP contribution in [0.1, 0.15) is 50.7 Å². The molecule has 8 heteroatoms. The average molecular weight is 497 g/mol. The van der Waals surface area contributed by atoms with Crippen LogP contribution in [-0.2, 0) is 41.7 Å². The van der Waals surface area contributed by atoms with Gasteiger partial charge in [-0.1, -0.05) is 60.7 Å². The molecule has 0 radical (unpaired) electrons. The number of carbonyl (C=O) groups excluding carboxylic acids is 4. The molecule has 36 heavy (non-hydrogen) atoms. The highest BCUT2D eigenvalue weighted by Gasteiger charge is 2.21. The van der Waals surface area contributed by atoms with Crippen LogP contribution in [0.2, 0.25) is 0 Å². The first-order valence-electron chi connectivity index (χ1n) is 12.4. The van der Waals surface area contributed by atoms with Gasteiger partial charge in [0.1, 0.15) is 0 Å². The molecule has 0 aromatic heterocycles. The number of esters is 2. The van der Waals surface area contributed by atoms with Crippen molar-refractivity contribution in [3.63, 3.8) is 0 Å². The molecule has 8 nitrogen and oxygen atoms in total. The van der Waals surface area contributed by atoms with E-state index < -0.39 is 0 Å². The lowest BCUT2D eigenvalue weighted by Gasteiger charge is -2.25. The third kappa shape index (κ3) is 10.7. The zero-order valence-corrected chi connectivity index (χ0v) is 21.2. The predicted molar refractivity (Wildman–Crippen MR) is 135 cm³/mol. The molecule has 0 saturated carbocycles. The van der Waals surface area contributed by atoms with Gasteiger partial charge in [0, 0.05) is 39.0 Å². The summed E-state index contributed by atoms with van der Waals surface area (Å²) in [6.07, 6.45) is 0.165. The molecule has 0 aliphatic rings. The van der Waals surface area contributed by atoms with Gasteiger partial charge in [0.05, 0.1) is 26.1 Å². The maximum atomic E-state index is 13.1. The average Bonchev–Trinajstić information content (AvgIpc) is 2.88. The number of hydrogen-bond donors (Lipinski definition) is 0. The SMILES string of the molecule is CCOC(=O)CCN(Cc1ccccc1)C(=O)CCC(=O)N(CCC(=O)OCC)Cc1ccccc1. The minimum absolute atomic E-state index is 0.000805. The highest BCUT2D eigenvalue weighted by Crippen LogP contribution is 2.12. The minimum Gasteiger partial charge on any atom is -0.466 e. The number of hydrogen-bond acceptors (Lipinski definition) is 6. The monoisotopic (exact) mass is 496 g/mol. The summed E-state index contributed by atoms with van der Waals surface area (Å²) >= 11 is 0. The fourth-order valence-corrected chi connectivity index (χ4v) is 3.64. The molecule has 0 aliphatic heterocycles. The normalized spacial score (nSPS) is 10.4. The Morgan fingerprint density at radius 2 is 0.944 bits per heavy atom. The largest absolute Gasteiger partial charge is 0.466 e. The van der Waals surface area contributed by atoms with E-state index in [4.69, 9.17) is 9.47 Å². The van der Waals surface area contributed by atoms with Crippen molar-refractivity contribution in [2.45, 2.75) is 52.6 Å². The zero-order valence-electron chi connectivity index (χ0n) is 21.2. The van der Waals surface area contributed by atoms with E-state index in [0.717, 1.165) is 11.1 Å². The molecule has 194 valence electrons. The van der Waals surface area contributed by atoms with Crippen LogP contribution in [-0.4, -0.2) is 59.9 Å². The molecule has 2 aromatic rings. The molecule has 0 spiro atoms. The van der Waals surface area contributed by atoms with Crippen LogP contribution in [0.3, 0.4) is 0 Å². The van der Waals surface area contributed by atoms with E-state index in [1.54, 1.807) is 23.6 Å². The molecule has 0 saturated heterocycles. The summed E-state index contributed by atoms with van der Waals surface area (Å²) in [5.41, 5.74) is 1.86. The van der Waals surface area contributed by atoms with Gasteiger partial charge in [0.2, 0.25) is 11.8 Å². The van der Waals surface area contributed by atoms with Crippen molar-refractivity contribution in [2.75, 3.05) is 26.3 Å². The van der Waals surface area contributed by atoms with Crippen molar-refractivity contribution in [2.24, 2.45) is 0 Å². The quantitative estimate of drug-likeness (QED) is 0.349. The predicted octanol–water partition coefficient (Wildman–Crippen LogP) is 3.73. The van der Waals surface area contributed by atoms with Crippen molar-refractivity contribution >= 4 is 23.8 Å². The van der Waals surface area contributed by atoms with Gasteiger partial charge >= 0.3 is 11.9 Å². The van der Waals surface area contributed by atoms with Gasteiger partial charge in [-0.3, -0.25) is 19.2 Å². The summed E-state index contributed by atoms with van der Waals surface area (Å²) in [6.45, 7) is 5.12. The van der Waals surface area contributed by atoms with Crippen LogP contribution in [0, 0.1) is 0 Å². The first kappa shape index (κ1) is 28.6. The molecular formula is C28H36N2O6. The van der Waals surface area contributed by atoms with E-state index in [2.05, 4.69) is 0 Å². The Labute approximate surface area is 213 Å². The topological polar surface area (TPSA) is 93.2 Å². The number of carbonyl (C=O) groups is 4. The van der Waals surface area contributed by atoms with E-state index in [-0.39, 0.29) is 75.7 Å². The molecule has 2 aromatic carbocycles. The van der Waals surface area contributed by atoms with E-state index in [9.17, 15) is 19.2 Å². The summed E-state index contributed by atoms with van der Waals surface area (Å²) in [4.78, 5) is 53.1. The summed E-state index contributed by atoms with van der Waals surface area (Å²) in [5.74, 6) is -1.18. The van der Waals surface area contributed by atoms with Crippen LogP contribution in [0.4, 0.5) is 0 Å². The summed E-state index contributed by atoms with van der Waals surface area (Å²) in [6, 6.07) is 19.0. The van der Waals surface area contributed by atoms with Crippen LogP contribution in [0.15, 0.2) is 60.7 Å². The van der Waals surface area contributed by atoms with Gasteiger partial charge in [-0.05, 0) is 25.0 Å². The molecule has 0 atom stereocenters. The first-order chi connectivity index (χ1) is 17.4. The van der Waals surface area contributed by atoms with Gasteiger partial charge in [-0.15, -0.1) is 0 Å². The molecule has 2 rings (SSSR count). The summed E-state index contributed by atoms with van der Waals surface area (Å²) < 4.78 is 9.99. The number of amides is 2. The molecule has 0 heterocycles. The van der Waals surface area contributed by atoms with Crippen LogP contribution >= 0.6 is 0 Å². The molecule has 0 N–H and O–H groups in total. The molecular weight excluding hydrogens is 460 g/mol. The molecule has 0 fully saturated rings. The van der Waals surface area contributed by atoms with Crippen LogP contribution < -0.4 is 0 Å². The van der Waals surface area contributed by atoms with Gasteiger partial charge in [0.15, 0.2) is 0 Å². The Balaban J connectivity index is 2.03. The molecule has 0 aliphatic carbocycles. The van der Waals surface area contributed by atoms with Gasteiger partial charge in [0.25, 0.3) is 0 Å². The third-order valence-electron chi connectivity index (χ3n) is 5.47. The van der Waals surface area contributed by atoms with E-state index >= 15 is 0 Å².